The van der Waals surface area contributed by atoms with Crippen LogP contribution in [0.15, 0.2) is 65.2 Å². The summed E-state index contributed by atoms with van der Waals surface area (Å²) in [6.07, 6.45) is -4.23. The predicted octanol–water partition coefficient (Wildman–Crippen LogP) is 5.52. The average Bonchev–Trinajstić information content (AvgIpc) is 3.37. The second-order valence-electron chi connectivity index (χ2n) is 8.56. The number of amides is 1. The van der Waals surface area contributed by atoms with Crippen LogP contribution in [0.2, 0.25) is 0 Å². The van der Waals surface area contributed by atoms with Gasteiger partial charge in [-0.15, -0.1) is 0 Å². The van der Waals surface area contributed by atoms with Crippen LogP contribution in [-0.4, -0.2) is 36.1 Å². The Hall–Kier alpha value is -4.58. The zero-order chi connectivity index (χ0) is 28.9. The van der Waals surface area contributed by atoms with Crippen molar-refractivity contribution in [2.45, 2.75) is 26.1 Å². The molecular formula is C28H28F3N5O4. The van der Waals surface area contributed by atoms with Gasteiger partial charge >= 0.3 is 6.18 Å². The number of benzene rings is 2. The standard InChI is InChI=1S/C28H28F3N5O4/c1-4-39-21-11-9-18(17-10-12-23(28(29,30)31)35-24(17)21)27-36-25(22(15-32)40-27)26(37)33-14-13-16(2)34-19-7-5-6-8-20(19)38-3/h5-12,34H,2,4,13-15,32H2,1,3H3,(H,33,37). The lowest BCUT2D eigenvalue weighted by atomic mass is 10.1. The SMILES string of the molecule is C=C(CCNC(=O)c1nc(-c2ccc(OCC)c3nc(C(F)(F)F)ccc23)oc1CN)Nc1ccccc1OC. The molecule has 9 nitrogen and oxygen atoms in total. The smallest absolute Gasteiger partial charge is 0.433 e. The van der Waals surface area contributed by atoms with Gasteiger partial charge in [-0.05, 0) is 43.3 Å². The zero-order valence-electron chi connectivity index (χ0n) is 21.9. The van der Waals surface area contributed by atoms with E-state index in [-0.39, 0.29) is 48.3 Å². The lowest BCUT2D eigenvalue weighted by molar-refractivity contribution is -0.140. The van der Waals surface area contributed by atoms with E-state index in [4.69, 9.17) is 19.6 Å². The summed E-state index contributed by atoms with van der Waals surface area (Å²) >= 11 is 0. The number of carbonyl (C=O) groups is 1. The van der Waals surface area contributed by atoms with E-state index in [1.807, 2.05) is 24.3 Å². The number of nitrogens with two attached hydrogens (primary N) is 1. The van der Waals surface area contributed by atoms with Gasteiger partial charge in [0.2, 0.25) is 5.89 Å². The summed E-state index contributed by atoms with van der Waals surface area (Å²) in [7, 11) is 1.57. The maximum Gasteiger partial charge on any atom is 0.433 e. The maximum atomic E-state index is 13.3. The van der Waals surface area contributed by atoms with Gasteiger partial charge in [0.05, 0.1) is 25.9 Å². The highest BCUT2D eigenvalue weighted by atomic mass is 19.4. The Kier molecular flexibility index (Phi) is 8.58. The maximum absolute atomic E-state index is 13.3. The normalized spacial score (nSPS) is 11.3. The molecule has 2 aromatic carbocycles. The van der Waals surface area contributed by atoms with Crippen LogP contribution in [0.4, 0.5) is 18.9 Å². The second kappa shape index (κ2) is 12.1. The Balaban J connectivity index is 1.54. The molecule has 4 N–H and O–H groups in total. The van der Waals surface area contributed by atoms with Crippen molar-refractivity contribution in [2.24, 2.45) is 5.73 Å². The van der Waals surface area contributed by atoms with Gasteiger partial charge in [0, 0.05) is 29.6 Å². The van der Waals surface area contributed by atoms with Crippen LogP contribution in [0, 0.1) is 0 Å². The van der Waals surface area contributed by atoms with E-state index >= 15 is 0 Å². The Bertz CT molecular complexity index is 1530. The summed E-state index contributed by atoms with van der Waals surface area (Å²) in [5.74, 6) is 0.455. The molecule has 0 atom stereocenters. The molecule has 0 fully saturated rings. The number of methoxy groups -OCH3 is 1. The number of nitrogens with one attached hydrogen (secondary N) is 2. The molecule has 0 bridgehead atoms. The number of anilines is 1. The van der Waals surface area contributed by atoms with Crippen LogP contribution in [0.25, 0.3) is 22.4 Å². The molecule has 0 unspecified atom stereocenters. The van der Waals surface area contributed by atoms with Crippen LogP contribution in [0.3, 0.4) is 0 Å². The van der Waals surface area contributed by atoms with Crippen LogP contribution >= 0.6 is 0 Å². The van der Waals surface area contributed by atoms with Gasteiger partial charge in [-0.25, -0.2) is 9.97 Å². The molecule has 2 heterocycles. The quantitative estimate of drug-likeness (QED) is 0.221. The number of fused-ring (bicyclic) bond motifs is 1. The first kappa shape index (κ1) is 28.4. The van der Waals surface area contributed by atoms with Crippen molar-refractivity contribution in [3.63, 3.8) is 0 Å². The lowest BCUT2D eigenvalue weighted by Crippen LogP contribution is -2.27. The van der Waals surface area contributed by atoms with Gasteiger partial charge in [-0.2, -0.15) is 13.2 Å². The molecule has 0 aliphatic heterocycles. The third kappa shape index (κ3) is 6.18. The first-order chi connectivity index (χ1) is 19.2. The molecule has 12 heteroatoms. The molecule has 0 saturated carbocycles. The van der Waals surface area contributed by atoms with Crippen molar-refractivity contribution in [1.29, 1.82) is 0 Å². The van der Waals surface area contributed by atoms with E-state index in [1.165, 1.54) is 12.1 Å². The number of oxazole rings is 1. The highest BCUT2D eigenvalue weighted by Gasteiger charge is 2.33. The number of para-hydroxylation sites is 2. The molecular weight excluding hydrogens is 527 g/mol. The van der Waals surface area contributed by atoms with Gasteiger partial charge in [-0.3, -0.25) is 4.79 Å². The minimum Gasteiger partial charge on any atom is -0.495 e. The fourth-order valence-electron chi connectivity index (χ4n) is 4.00. The molecule has 1 amide bonds. The van der Waals surface area contributed by atoms with Crippen molar-refractivity contribution in [3.8, 4) is 23.0 Å². The minimum absolute atomic E-state index is 0.00580. The fraction of sp³-hybridized carbons (Fsp3) is 0.250. The topological polar surface area (TPSA) is 125 Å². The number of aromatic nitrogens is 2. The minimum atomic E-state index is -4.64. The molecule has 0 aliphatic rings. The summed E-state index contributed by atoms with van der Waals surface area (Å²) in [6, 6.07) is 12.6. The van der Waals surface area contributed by atoms with Crippen LogP contribution in [0.1, 0.15) is 35.3 Å². The highest BCUT2D eigenvalue weighted by Crippen LogP contribution is 2.37. The monoisotopic (exact) mass is 555 g/mol. The molecule has 40 heavy (non-hydrogen) atoms. The number of alkyl halides is 3. The third-order valence-corrected chi connectivity index (χ3v) is 5.87. The number of hydrogen-bond donors (Lipinski definition) is 3. The first-order valence-corrected chi connectivity index (χ1v) is 12.4. The third-order valence-electron chi connectivity index (χ3n) is 5.87. The fourth-order valence-corrected chi connectivity index (χ4v) is 4.00. The summed E-state index contributed by atoms with van der Waals surface area (Å²) in [6.45, 7) is 6.04. The van der Waals surface area contributed by atoms with Gasteiger partial charge in [0.1, 0.15) is 22.7 Å². The number of carbonyl (C=O) groups excluding carboxylic acids is 1. The summed E-state index contributed by atoms with van der Waals surface area (Å²) in [5, 5.41) is 6.23. The van der Waals surface area contributed by atoms with E-state index in [1.54, 1.807) is 20.1 Å². The summed E-state index contributed by atoms with van der Waals surface area (Å²) in [5.41, 5.74) is 6.44. The van der Waals surface area contributed by atoms with Crippen molar-refractivity contribution in [1.82, 2.24) is 15.3 Å². The number of halogens is 3. The summed E-state index contributed by atoms with van der Waals surface area (Å²) < 4.78 is 56.6. The number of rotatable bonds is 11. The predicted molar refractivity (Wildman–Crippen MR) is 144 cm³/mol. The highest BCUT2D eigenvalue weighted by molar-refractivity contribution is 5.98. The lowest BCUT2D eigenvalue weighted by Gasteiger charge is -2.13. The number of pyridine rings is 1. The summed E-state index contributed by atoms with van der Waals surface area (Å²) in [4.78, 5) is 21.1. The van der Waals surface area contributed by atoms with E-state index in [9.17, 15) is 18.0 Å². The number of hydrogen-bond acceptors (Lipinski definition) is 8. The van der Waals surface area contributed by atoms with Crippen molar-refractivity contribution < 1.29 is 31.9 Å². The Labute approximate surface area is 228 Å². The van der Waals surface area contributed by atoms with Gasteiger partial charge in [0.15, 0.2) is 11.5 Å². The molecule has 0 aliphatic carbocycles. The van der Waals surface area contributed by atoms with Crippen LogP contribution < -0.4 is 25.8 Å². The number of ether oxygens (including phenoxy) is 2. The zero-order valence-corrected chi connectivity index (χ0v) is 21.9. The van der Waals surface area contributed by atoms with Crippen molar-refractivity contribution in [2.75, 3.05) is 25.6 Å². The molecule has 4 aromatic rings. The van der Waals surface area contributed by atoms with Crippen LogP contribution in [0.5, 0.6) is 11.5 Å². The van der Waals surface area contributed by atoms with E-state index in [2.05, 4.69) is 27.2 Å². The van der Waals surface area contributed by atoms with E-state index < -0.39 is 17.8 Å². The molecule has 210 valence electrons. The first-order valence-electron chi connectivity index (χ1n) is 12.4. The largest absolute Gasteiger partial charge is 0.495 e. The Morgan fingerprint density at radius 2 is 1.88 bits per heavy atom. The molecule has 2 aromatic heterocycles. The van der Waals surface area contributed by atoms with Crippen molar-refractivity contribution in [3.05, 3.63) is 78.0 Å². The second-order valence-corrected chi connectivity index (χ2v) is 8.56. The molecule has 0 radical (unpaired) electrons. The molecule has 4 rings (SSSR count). The van der Waals surface area contributed by atoms with Gasteiger partial charge in [0.25, 0.3) is 5.91 Å². The number of nitrogens with zero attached hydrogens (tertiary/aromatic N) is 2. The molecule has 0 saturated heterocycles. The van der Waals surface area contributed by atoms with Crippen molar-refractivity contribution >= 4 is 22.5 Å². The Morgan fingerprint density at radius 1 is 1.10 bits per heavy atom. The van der Waals surface area contributed by atoms with E-state index in [0.29, 0.717) is 28.8 Å². The van der Waals surface area contributed by atoms with Gasteiger partial charge in [-0.1, -0.05) is 18.7 Å². The van der Waals surface area contributed by atoms with E-state index in [0.717, 1.165) is 11.8 Å². The van der Waals surface area contributed by atoms with Gasteiger partial charge < -0.3 is 30.3 Å². The average molecular weight is 556 g/mol. The molecule has 0 spiro atoms. The van der Waals surface area contributed by atoms with Crippen LogP contribution in [-0.2, 0) is 12.7 Å². The Morgan fingerprint density at radius 3 is 2.58 bits per heavy atom.